The molecule has 1 unspecified atom stereocenters. The maximum Gasteiger partial charge on any atom is 0.232 e. The highest BCUT2D eigenvalue weighted by molar-refractivity contribution is 6.01. The fraction of sp³-hybridized carbons (Fsp3) is 0.304. The molecular formula is C23H20F3N3O2. The normalized spacial score (nSPS) is 22.9. The zero-order valence-corrected chi connectivity index (χ0v) is 16.5. The minimum absolute atomic E-state index is 0.0438. The van der Waals surface area contributed by atoms with Crippen molar-refractivity contribution < 1.29 is 22.8 Å². The predicted molar refractivity (Wildman–Crippen MR) is 109 cm³/mol. The summed E-state index contributed by atoms with van der Waals surface area (Å²) in [5.41, 5.74) is 2.24. The van der Waals surface area contributed by atoms with E-state index in [1.54, 1.807) is 12.1 Å². The van der Waals surface area contributed by atoms with Gasteiger partial charge in [0.05, 0.1) is 11.2 Å². The van der Waals surface area contributed by atoms with E-state index in [2.05, 4.69) is 15.6 Å². The van der Waals surface area contributed by atoms with Crippen molar-refractivity contribution in [2.75, 3.05) is 6.54 Å². The van der Waals surface area contributed by atoms with Crippen LogP contribution in [0.1, 0.15) is 30.7 Å². The first-order valence-corrected chi connectivity index (χ1v) is 10.3. The molecule has 160 valence electrons. The van der Waals surface area contributed by atoms with E-state index in [0.29, 0.717) is 42.5 Å². The largest absolute Gasteiger partial charge is 0.355 e. The maximum atomic E-state index is 14.4. The van der Waals surface area contributed by atoms with Gasteiger partial charge in [0.2, 0.25) is 11.8 Å². The quantitative estimate of drug-likeness (QED) is 0.555. The molecule has 3 aromatic rings. The van der Waals surface area contributed by atoms with Crippen LogP contribution in [-0.2, 0) is 9.59 Å². The SMILES string of the molecule is O=C1NCCC1C(=O)NC1CC(c2c(-c3ccc(F)cc3)[nH]c3c(F)cc(F)cc23)C1. The van der Waals surface area contributed by atoms with Gasteiger partial charge in [-0.05, 0) is 66.6 Å². The van der Waals surface area contributed by atoms with Crippen LogP contribution in [0.2, 0.25) is 0 Å². The van der Waals surface area contributed by atoms with Gasteiger partial charge >= 0.3 is 0 Å². The summed E-state index contributed by atoms with van der Waals surface area (Å²) in [6.07, 6.45) is 1.65. The lowest BCUT2D eigenvalue weighted by Gasteiger charge is -2.37. The third-order valence-corrected chi connectivity index (χ3v) is 6.26. The van der Waals surface area contributed by atoms with Gasteiger partial charge in [-0.25, -0.2) is 13.2 Å². The second-order valence-electron chi connectivity index (χ2n) is 8.24. The Balaban J connectivity index is 1.44. The first-order valence-electron chi connectivity index (χ1n) is 10.3. The van der Waals surface area contributed by atoms with Crippen LogP contribution in [0.15, 0.2) is 36.4 Å². The topological polar surface area (TPSA) is 74.0 Å². The minimum Gasteiger partial charge on any atom is -0.355 e. The second-order valence-corrected chi connectivity index (χ2v) is 8.24. The first kappa shape index (κ1) is 19.7. The molecule has 2 fully saturated rings. The van der Waals surface area contributed by atoms with Crippen molar-refractivity contribution in [3.8, 4) is 11.3 Å². The zero-order valence-electron chi connectivity index (χ0n) is 16.5. The van der Waals surface area contributed by atoms with Gasteiger partial charge in [0.15, 0.2) is 0 Å². The van der Waals surface area contributed by atoms with Gasteiger partial charge in [0, 0.05) is 24.0 Å². The number of hydrogen-bond acceptors (Lipinski definition) is 2. The number of halogens is 3. The summed E-state index contributed by atoms with van der Waals surface area (Å²) in [7, 11) is 0. The van der Waals surface area contributed by atoms with Crippen LogP contribution in [0.5, 0.6) is 0 Å². The van der Waals surface area contributed by atoms with Gasteiger partial charge < -0.3 is 15.6 Å². The number of carbonyl (C=O) groups excluding carboxylic acids is 2. The van der Waals surface area contributed by atoms with Crippen LogP contribution < -0.4 is 10.6 Å². The zero-order chi connectivity index (χ0) is 21.7. The van der Waals surface area contributed by atoms with Crippen molar-refractivity contribution in [2.24, 2.45) is 5.92 Å². The molecule has 3 N–H and O–H groups in total. The fourth-order valence-electron chi connectivity index (χ4n) is 4.63. The Morgan fingerprint density at radius 3 is 2.45 bits per heavy atom. The molecule has 1 aliphatic heterocycles. The van der Waals surface area contributed by atoms with E-state index in [9.17, 15) is 22.8 Å². The van der Waals surface area contributed by atoms with Gasteiger partial charge in [-0.3, -0.25) is 9.59 Å². The summed E-state index contributed by atoms with van der Waals surface area (Å²) in [5, 5.41) is 6.01. The smallest absolute Gasteiger partial charge is 0.232 e. The van der Waals surface area contributed by atoms with Crippen LogP contribution in [-0.4, -0.2) is 29.4 Å². The molecule has 0 bridgehead atoms. The Kier molecular flexibility index (Phi) is 4.72. The van der Waals surface area contributed by atoms with E-state index in [4.69, 9.17) is 0 Å². The number of rotatable bonds is 4. The molecule has 1 atom stereocenters. The summed E-state index contributed by atoms with van der Waals surface area (Å²) in [6.45, 7) is 0.498. The Hall–Kier alpha value is -3.29. The number of amides is 2. The van der Waals surface area contributed by atoms with Crippen LogP contribution in [0.3, 0.4) is 0 Å². The van der Waals surface area contributed by atoms with Crippen LogP contribution in [0.25, 0.3) is 22.2 Å². The molecule has 5 rings (SSSR count). The highest BCUT2D eigenvalue weighted by Crippen LogP contribution is 2.45. The Morgan fingerprint density at radius 1 is 1.03 bits per heavy atom. The van der Waals surface area contributed by atoms with E-state index >= 15 is 0 Å². The first-order chi connectivity index (χ1) is 14.9. The molecule has 2 aliphatic rings. The molecule has 0 spiro atoms. The third-order valence-electron chi connectivity index (χ3n) is 6.26. The predicted octanol–water partition coefficient (Wildman–Crippen LogP) is 3.75. The number of hydrogen-bond donors (Lipinski definition) is 3. The van der Waals surface area contributed by atoms with Crippen LogP contribution >= 0.6 is 0 Å². The Labute approximate surface area is 176 Å². The number of nitrogens with one attached hydrogen (secondary N) is 3. The summed E-state index contributed by atoms with van der Waals surface area (Å²) in [5.74, 6) is -3.00. The van der Waals surface area contributed by atoms with E-state index in [1.165, 1.54) is 18.2 Å². The Bertz CT molecular complexity index is 1180. The summed E-state index contributed by atoms with van der Waals surface area (Å²) in [6, 6.07) is 7.83. The number of benzene rings is 2. The van der Waals surface area contributed by atoms with Crippen molar-refractivity contribution in [1.82, 2.24) is 15.6 Å². The second kappa shape index (κ2) is 7.44. The lowest BCUT2D eigenvalue weighted by molar-refractivity contribution is -0.133. The molecule has 1 aromatic heterocycles. The molecule has 31 heavy (non-hydrogen) atoms. The van der Waals surface area contributed by atoms with Gasteiger partial charge in [0.25, 0.3) is 0 Å². The van der Waals surface area contributed by atoms with Crippen molar-refractivity contribution in [2.45, 2.75) is 31.2 Å². The summed E-state index contributed by atoms with van der Waals surface area (Å²) in [4.78, 5) is 27.1. The number of aromatic amines is 1. The number of aromatic nitrogens is 1. The summed E-state index contributed by atoms with van der Waals surface area (Å²) >= 11 is 0. The highest BCUT2D eigenvalue weighted by Gasteiger charge is 2.38. The van der Waals surface area contributed by atoms with Gasteiger partial charge in [-0.1, -0.05) is 0 Å². The van der Waals surface area contributed by atoms with E-state index in [1.807, 2.05) is 0 Å². The average Bonchev–Trinajstić information content (AvgIpc) is 3.29. The molecule has 2 heterocycles. The highest BCUT2D eigenvalue weighted by atomic mass is 19.1. The van der Waals surface area contributed by atoms with Crippen molar-refractivity contribution in [3.05, 3.63) is 59.4 Å². The number of carbonyl (C=O) groups is 2. The number of H-pyrrole nitrogens is 1. The molecule has 2 aromatic carbocycles. The van der Waals surface area contributed by atoms with Gasteiger partial charge in [-0.2, -0.15) is 0 Å². The molecule has 1 saturated carbocycles. The average molecular weight is 427 g/mol. The monoisotopic (exact) mass is 427 g/mol. The fourth-order valence-corrected chi connectivity index (χ4v) is 4.63. The molecular weight excluding hydrogens is 407 g/mol. The van der Waals surface area contributed by atoms with Crippen molar-refractivity contribution >= 4 is 22.7 Å². The standard InChI is InChI=1S/C23H20F3N3O2/c24-13-3-1-11(2-4-13)20-19(17-9-14(25)10-18(26)21(17)29-20)12-7-15(8-12)28-23(31)16-5-6-27-22(16)30/h1-4,9-10,12,15-16,29H,5-8H2,(H,27,30)(H,28,31). The third kappa shape index (κ3) is 3.45. The van der Waals surface area contributed by atoms with E-state index < -0.39 is 17.6 Å². The minimum atomic E-state index is -0.693. The summed E-state index contributed by atoms with van der Waals surface area (Å²) < 4.78 is 41.8. The van der Waals surface area contributed by atoms with Crippen LogP contribution in [0, 0.1) is 23.4 Å². The maximum absolute atomic E-state index is 14.4. The molecule has 1 aliphatic carbocycles. The van der Waals surface area contributed by atoms with Gasteiger partial charge in [0.1, 0.15) is 23.4 Å². The molecule has 2 amide bonds. The van der Waals surface area contributed by atoms with E-state index in [-0.39, 0.29) is 35.1 Å². The molecule has 0 radical (unpaired) electrons. The van der Waals surface area contributed by atoms with Gasteiger partial charge in [-0.15, -0.1) is 0 Å². The molecule has 1 saturated heterocycles. The van der Waals surface area contributed by atoms with E-state index in [0.717, 1.165) is 11.6 Å². The van der Waals surface area contributed by atoms with Crippen LogP contribution in [0.4, 0.5) is 13.2 Å². The lowest BCUT2D eigenvalue weighted by Crippen LogP contribution is -2.47. The molecule has 5 nitrogen and oxygen atoms in total. The lowest BCUT2D eigenvalue weighted by atomic mass is 9.74. The number of fused-ring (bicyclic) bond motifs is 1. The van der Waals surface area contributed by atoms with Crippen molar-refractivity contribution in [1.29, 1.82) is 0 Å². The Morgan fingerprint density at radius 2 is 1.77 bits per heavy atom. The molecule has 8 heteroatoms. The van der Waals surface area contributed by atoms with Crippen molar-refractivity contribution in [3.63, 3.8) is 0 Å².